The van der Waals surface area contributed by atoms with Crippen LogP contribution in [0.5, 0.6) is 0 Å². The molecule has 0 aliphatic heterocycles. The largest absolute Gasteiger partial charge is 0.460 e. The van der Waals surface area contributed by atoms with Crippen molar-refractivity contribution in [2.75, 3.05) is 13.6 Å². The highest BCUT2D eigenvalue weighted by Gasteiger charge is 2.23. The third-order valence-corrected chi connectivity index (χ3v) is 4.55. The average Bonchev–Trinajstić information content (AvgIpc) is 3.05. The normalized spacial score (nSPS) is 11.6. The maximum Gasteiger partial charge on any atom is 0.306 e. The van der Waals surface area contributed by atoms with Crippen LogP contribution < -0.4 is 0 Å². The van der Waals surface area contributed by atoms with Crippen LogP contribution in [-0.2, 0) is 9.53 Å². The Morgan fingerprint density at radius 3 is 2.38 bits per heavy atom. The molecule has 6 nitrogen and oxygen atoms in total. The first-order chi connectivity index (χ1) is 13.5. The number of carbonyl (C=O) groups excluding carboxylic acids is 2. The number of carbonyl (C=O) groups is 2. The van der Waals surface area contributed by atoms with E-state index >= 15 is 0 Å². The van der Waals surface area contributed by atoms with Crippen LogP contribution in [0.15, 0.2) is 30.5 Å². The minimum absolute atomic E-state index is 0.0993. The first kappa shape index (κ1) is 22.9. The molecule has 1 aromatic heterocycles. The first-order valence-corrected chi connectivity index (χ1v) is 10.2. The summed E-state index contributed by atoms with van der Waals surface area (Å²) in [6.45, 7) is 10.0. The van der Waals surface area contributed by atoms with Gasteiger partial charge in [0.2, 0.25) is 0 Å². The van der Waals surface area contributed by atoms with Gasteiger partial charge < -0.3 is 9.64 Å². The van der Waals surface area contributed by atoms with E-state index in [1.165, 1.54) is 0 Å². The zero-order valence-corrected chi connectivity index (χ0v) is 18.8. The van der Waals surface area contributed by atoms with E-state index in [-0.39, 0.29) is 24.2 Å². The van der Waals surface area contributed by atoms with E-state index in [0.29, 0.717) is 23.6 Å². The standard InChI is InChI=1S/C22H30ClN3O3/c1-15(2)20-18(14-24-26(20)17-11-9-16(23)10-12-17)21(28)25(6)13-7-8-19(27)29-22(3,4)5/h9-12,14-15H,7-8,13H2,1-6H3. The SMILES string of the molecule is CC(C)c1c(C(=O)N(C)CCCC(=O)OC(C)(C)C)cnn1-c1ccc(Cl)cc1. The molecule has 1 amide bonds. The Morgan fingerprint density at radius 2 is 1.83 bits per heavy atom. The van der Waals surface area contributed by atoms with Gasteiger partial charge in [-0.1, -0.05) is 25.4 Å². The molecule has 0 saturated carbocycles. The highest BCUT2D eigenvalue weighted by Crippen LogP contribution is 2.25. The molecule has 158 valence electrons. The van der Waals surface area contributed by atoms with Crippen molar-refractivity contribution < 1.29 is 14.3 Å². The van der Waals surface area contributed by atoms with Crippen LogP contribution in [0, 0.1) is 0 Å². The number of amides is 1. The van der Waals surface area contributed by atoms with Crippen molar-refractivity contribution in [1.82, 2.24) is 14.7 Å². The fourth-order valence-corrected chi connectivity index (χ4v) is 3.15. The summed E-state index contributed by atoms with van der Waals surface area (Å²) in [5, 5.41) is 5.09. The van der Waals surface area contributed by atoms with Crippen molar-refractivity contribution in [1.29, 1.82) is 0 Å². The Labute approximate surface area is 177 Å². The van der Waals surface area contributed by atoms with Crippen molar-refractivity contribution in [2.45, 2.75) is 59.0 Å². The molecule has 0 spiro atoms. The molecule has 2 rings (SSSR count). The van der Waals surface area contributed by atoms with Crippen LogP contribution >= 0.6 is 11.6 Å². The fourth-order valence-electron chi connectivity index (χ4n) is 3.03. The van der Waals surface area contributed by atoms with E-state index in [0.717, 1.165) is 11.4 Å². The second-order valence-corrected chi connectivity index (χ2v) is 8.84. The minimum Gasteiger partial charge on any atom is -0.460 e. The molecule has 7 heteroatoms. The Balaban J connectivity index is 2.10. The van der Waals surface area contributed by atoms with Crippen LogP contribution in [0.1, 0.15) is 69.4 Å². The van der Waals surface area contributed by atoms with Gasteiger partial charge in [-0.15, -0.1) is 0 Å². The van der Waals surface area contributed by atoms with Crippen molar-refractivity contribution in [3.05, 3.63) is 46.7 Å². The van der Waals surface area contributed by atoms with Crippen molar-refractivity contribution in [3.8, 4) is 5.69 Å². The Hall–Kier alpha value is -2.34. The number of hydrogen-bond acceptors (Lipinski definition) is 4. The monoisotopic (exact) mass is 419 g/mol. The van der Waals surface area contributed by atoms with Gasteiger partial charge in [0.15, 0.2) is 0 Å². The van der Waals surface area contributed by atoms with Gasteiger partial charge >= 0.3 is 5.97 Å². The van der Waals surface area contributed by atoms with Crippen LogP contribution in [0.4, 0.5) is 0 Å². The van der Waals surface area contributed by atoms with Gasteiger partial charge in [-0.3, -0.25) is 9.59 Å². The fraction of sp³-hybridized carbons (Fsp3) is 0.500. The number of esters is 1. The molecule has 29 heavy (non-hydrogen) atoms. The predicted octanol–water partition coefficient (Wildman–Crippen LogP) is 4.84. The smallest absolute Gasteiger partial charge is 0.306 e. The molecule has 0 fully saturated rings. The second kappa shape index (κ2) is 9.44. The summed E-state index contributed by atoms with van der Waals surface area (Å²) >= 11 is 5.98. The van der Waals surface area contributed by atoms with Gasteiger partial charge in [-0.05, 0) is 57.4 Å². The Morgan fingerprint density at radius 1 is 1.21 bits per heavy atom. The highest BCUT2D eigenvalue weighted by molar-refractivity contribution is 6.30. The molecule has 0 unspecified atom stereocenters. The molecule has 0 saturated heterocycles. The average molecular weight is 420 g/mol. The van der Waals surface area contributed by atoms with Crippen LogP contribution in [-0.4, -0.2) is 45.8 Å². The zero-order chi connectivity index (χ0) is 21.8. The summed E-state index contributed by atoms with van der Waals surface area (Å²) < 4.78 is 7.09. The summed E-state index contributed by atoms with van der Waals surface area (Å²) in [7, 11) is 1.74. The third kappa shape index (κ3) is 6.32. The molecular weight excluding hydrogens is 390 g/mol. The van der Waals surface area contributed by atoms with E-state index in [2.05, 4.69) is 5.10 Å². The Bertz CT molecular complexity index is 851. The summed E-state index contributed by atoms with van der Waals surface area (Å²) in [6.07, 6.45) is 2.42. The topological polar surface area (TPSA) is 64.4 Å². The summed E-state index contributed by atoms with van der Waals surface area (Å²) in [6, 6.07) is 7.35. The molecule has 0 aliphatic carbocycles. The summed E-state index contributed by atoms with van der Waals surface area (Å²) in [4.78, 5) is 26.5. The van der Waals surface area contributed by atoms with Crippen molar-refractivity contribution >= 4 is 23.5 Å². The molecule has 0 atom stereocenters. The lowest BCUT2D eigenvalue weighted by Gasteiger charge is -2.21. The number of hydrogen-bond donors (Lipinski definition) is 0. The quantitative estimate of drug-likeness (QED) is 0.602. The lowest BCUT2D eigenvalue weighted by Crippen LogP contribution is -2.29. The van der Waals surface area contributed by atoms with Crippen LogP contribution in [0.2, 0.25) is 5.02 Å². The lowest BCUT2D eigenvalue weighted by atomic mass is 10.0. The first-order valence-electron chi connectivity index (χ1n) is 9.80. The molecule has 0 radical (unpaired) electrons. The highest BCUT2D eigenvalue weighted by atomic mass is 35.5. The molecule has 1 heterocycles. The number of benzene rings is 1. The predicted molar refractivity (Wildman–Crippen MR) is 115 cm³/mol. The van der Waals surface area contributed by atoms with Crippen molar-refractivity contribution in [2.24, 2.45) is 0 Å². The van der Waals surface area contributed by atoms with E-state index in [1.807, 2.05) is 46.8 Å². The van der Waals surface area contributed by atoms with Gasteiger partial charge in [0, 0.05) is 25.0 Å². The summed E-state index contributed by atoms with van der Waals surface area (Å²) in [5.41, 5.74) is 1.76. The maximum atomic E-state index is 13.0. The lowest BCUT2D eigenvalue weighted by molar-refractivity contribution is -0.154. The second-order valence-electron chi connectivity index (χ2n) is 8.40. The zero-order valence-electron chi connectivity index (χ0n) is 18.0. The molecule has 1 aromatic carbocycles. The third-order valence-electron chi connectivity index (χ3n) is 4.30. The molecule has 0 bridgehead atoms. The molecule has 0 aliphatic rings. The number of aromatic nitrogens is 2. The minimum atomic E-state index is -0.499. The number of ether oxygens (including phenoxy) is 1. The van der Waals surface area contributed by atoms with E-state index in [4.69, 9.17) is 16.3 Å². The van der Waals surface area contributed by atoms with E-state index in [1.54, 1.807) is 35.0 Å². The van der Waals surface area contributed by atoms with Gasteiger partial charge in [0.05, 0.1) is 23.1 Å². The number of nitrogens with zero attached hydrogens (tertiary/aromatic N) is 3. The van der Waals surface area contributed by atoms with Gasteiger partial charge in [0.25, 0.3) is 5.91 Å². The Kier molecular flexibility index (Phi) is 7.47. The molecule has 2 aromatic rings. The maximum absolute atomic E-state index is 13.0. The number of rotatable bonds is 7. The molecule has 0 N–H and O–H groups in total. The van der Waals surface area contributed by atoms with E-state index in [9.17, 15) is 9.59 Å². The van der Waals surface area contributed by atoms with Crippen LogP contribution in [0.25, 0.3) is 5.69 Å². The molecular formula is C22H30ClN3O3. The van der Waals surface area contributed by atoms with Gasteiger partial charge in [-0.2, -0.15) is 5.10 Å². The van der Waals surface area contributed by atoms with Crippen LogP contribution in [0.3, 0.4) is 0 Å². The van der Waals surface area contributed by atoms with Crippen molar-refractivity contribution in [3.63, 3.8) is 0 Å². The van der Waals surface area contributed by atoms with E-state index < -0.39 is 5.60 Å². The summed E-state index contributed by atoms with van der Waals surface area (Å²) in [5.74, 6) is -0.267. The van der Waals surface area contributed by atoms with Gasteiger partial charge in [0.1, 0.15) is 5.60 Å². The number of halogens is 1. The van der Waals surface area contributed by atoms with Gasteiger partial charge in [-0.25, -0.2) is 4.68 Å².